The van der Waals surface area contributed by atoms with Gasteiger partial charge in [-0.05, 0) is 49.7 Å². The van der Waals surface area contributed by atoms with Gasteiger partial charge in [-0.25, -0.2) is 21.5 Å². The van der Waals surface area contributed by atoms with Crippen LogP contribution in [0.25, 0.3) is 5.69 Å². The van der Waals surface area contributed by atoms with Gasteiger partial charge in [0.05, 0.1) is 32.6 Å². The highest BCUT2D eigenvalue weighted by molar-refractivity contribution is 7.93. The number of hydrogen-bond donors (Lipinski definition) is 1. The van der Waals surface area contributed by atoms with Gasteiger partial charge in [-0.1, -0.05) is 0 Å². The molecule has 0 unspecified atom stereocenters. The van der Waals surface area contributed by atoms with Crippen LogP contribution in [0, 0.1) is 17.0 Å². The molecule has 1 aromatic heterocycles. The van der Waals surface area contributed by atoms with Crippen molar-refractivity contribution in [3.8, 4) is 5.69 Å². The van der Waals surface area contributed by atoms with Crippen molar-refractivity contribution in [2.24, 2.45) is 0 Å². The Bertz CT molecular complexity index is 1380. The first-order chi connectivity index (χ1) is 15.1. The van der Waals surface area contributed by atoms with Crippen molar-refractivity contribution >= 4 is 37.2 Å². The normalized spacial score (nSPS) is 15.6. The smallest absolute Gasteiger partial charge is 0.269 e. The molecule has 0 atom stereocenters. The predicted molar refractivity (Wildman–Crippen MR) is 118 cm³/mol. The molecule has 13 heteroatoms. The number of rotatable bonds is 6. The fraction of sp³-hybridized carbons (Fsp3) is 0.211. The molecule has 0 bridgehead atoms. The van der Waals surface area contributed by atoms with E-state index in [9.17, 15) is 26.9 Å². The lowest BCUT2D eigenvalue weighted by atomic mass is 10.3. The van der Waals surface area contributed by atoms with Gasteiger partial charge < -0.3 is 0 Å². The molecule has 168 valence electrons. The fourth-order valence-corrected chi connectivity index (χ4v) is 6.00. The number of hydrogen-bond acceptors (Lipinski definition) is 7. The van der Waals surface area contributed by atoms with E-state index >= 15 is 0 Å². The number of benzene rings is 2. The lowest BCUT2D eigenvalue weighted by Gasteiger charge is -2.17. The third-order valence-electron chi connectivity index (χ3n) is 4.91. The molecule has 2 heterocycles. The summed E-state index contributed by atoms with van der Waals surface area (Å²) in [6.07, 6.45) is 0.524. The average molecular weight is 478 g/mol. The molecule has 0 aliphatic carbocycles. The van der Waals surface area contributed by atoms with Crippen LogP contribution >= 0.6 is 0 Å². The fourth-order valence-electron chi connectivity index (χ4n) is 3.40. The summed E-state index contributed by atoms with van der Waals surface area (Å²) in [5.41, 5.74) is 1.29. The topological polar surface area (TPSA) is 145 Å². The van der Waals surface area contributed by atoms with E-state index < -0.39 is 25.0 Å². The van der Waals surface area contributed by atoms with Crippen LogP contribution < -0.4 is 9.03 Å². The lowest BCUT2D eigenvalue weighted by Crippen LogP contribution is -2.25. The highest BCUT2D eigenvalue weighted by Gasteiger charge is 2.28. The summed E-state index contributed by atoms with van der Waals surface area (Å²) >= 11 is 0. The van der Waals surface area contributed by atoms with Gasteiger partial charge in [-0.2, -0.15) is 5.10 Å². The number of non-ortho nitro benzene ring substituents is 1. The van der Waals surface area contributed by atoms with E-state index in [1.165, 1.54) is 63.6 Å². The first kappa shape index (κ1) is 21.8. The second-order valence-electron chi connectivity index (χ2n) is 7.20. The first-order valence-corrected chi connectivity index (χ1v) is 12.6. The Morgan fingerprint density at radius 1 is 1.06 bits per heavy atom. The SMILES string of the molecule is Cc1cc(NS(=O)(=O)c2ccc(N3CCCS3(=O)=O)cc2)n(-c2ccc([N+](=O)[O-])cc2)n1. The van der Waals surface area contributed by atoms with E-state index in [4.69, 9.17) is 0 Å². The van der Waals surface area contributed by atoms with Crippen molar-refractivity contribution in [1.29, 1.82) is 0 Å². The Kier molecular flexibility index (Phi) is 5.38. The summed E-state index contributed by atoms with van der Waals surface area (Å²) < 4.78 is 55.1. The van der Waals surface area contributed by atoms with Gasteiger partial charge in [-0.15, -0.1) is 0 Å². The minimum absolute atomic E-state index is 0.0491. The maximum atomic E-state index is 12.9. The van der Waals surface area contributed by atoms with Gasteiger partial charge >= 0.3 is 0 Å². The summed E-state index contributed by atoms with van der Waals surface area (Å²) in [5, 5.41) is 15.1. The number of nitro groups is 1. The van der Waals surface area contributed by atoms with E-state index in [2.05, 4.69) is 9.82 Å². The zero-order valence-corrected chi connectivity index (χ0v) is 18.5. The van der Waals surface area contributed by atoms with E-state index in [1.54, 1.807) is 6.92 Å². The van der Waals surface area contributed by atoms with Crippen LogP contribution in [0.4, 0.5) is 17.2 Å². The highest BCUT2D eigenvalue weighted by Crippen LogP contribution is 2.27. The summed E-state index contributed by atoms with van der Waals surface area (Å²) in [4.78, 5) is 10.3. The average Bonchev–Trinajstić information content (AvgIpc) is 3.28. The highest BCUT2D eigenvalue weighted by atomic mass is 32.2. The van der Waals surface area contributed by atoms with Crippen LogP contribution in [0.5, 0.6) is 0 Å². The van der Waals surface area contributed by atoms with Gasteiger partial charge in [0, 0.05) is 24.7 Å². The van der Waals surface area contributed by atoms with Crippen LogP contribution in [0.2, 0.25) is 0 Å². The largest absolute Gasteiger partial charge is 0.270 e. The molecule has 32 heavy (non-hydrogen) atoms. The van der Waals surface area contributed by atoms with Gasteiger partial charge in [0.25, 0.3) is 15.7 Å². The quantitative estimate of drug-likeness (QED) is 0.424. The Morgan fingerprint density at radius 3 is 2.25 bits per heavy atom. The molecule has 4 rings (SSSR count). The van der Waals surface area contributed by atoms with Gasteiger partial charge in [0.1, 0.15) is 5.82 Å². The summed E-state index contributed by atoms with van der Waals surface area (Å²) in [6, 6.07) is 12.7. The van der Waals surface area contributed by atoms with Crippen molar-refractivity contribution in [3.63, 3.8) is 0 Å². The number of aryl methyl sites for hydroxylation is 1. The molecule has 1 fully saturated rings. The van der Waals surface area contributed by atoms with Crippen molar-refractivity contribution in [1.82, 2.24) is 9.78 Å². The van der Waals surface area contributed by atoms with Crippen molar-refractivity contribution < 1.29 is 21.8 Å². The number of nitro benzene ring substituents is 1. The first-order valence-electron chi connectivity index (χ1n) is 9.52. The molecule has 1 saturated heterocycles. The van der Waals surface area contributed by atoms with Crippen molar-refractivity contribution in [2.45, 2.75) is 18.2 Å². The second kappa shape index (κ2) is 7.91. The Morgan fingerprint density at radius 2 is 1.69 bits per heavy atom. The second-order valence-corrected chi connectivity index (χ2v) is 10.9. The van der Waals surface area contributed by atoms with Crippen molar-refractivity contribution in [3.05, 3.63) is 70.4 Å². The molecular weight excluding hydrogens is 458 g/mol. The van der Waals surface area contributed by atoms with E-state index in [-0.39, 0.29) is 22.2 Å². The minimum atomic E-state index is -4.01. The molecular formula is C19H19N5O6S2. The molecule has 0 radical (unpaired) electrons. The summed E-state index contributed by atoms with van der Waals surface area (Å²) in [5.74, 6) is 0.225. The van der Waals surface area contributed by atoms with Gasteiger partial charge in [0.15, 0.2) is 0 Å². The van der Waals surface area contributed by atoms with E-state index in [0.717, 1.165) is 0 Å². The Labute approximate surface area is 184 Å². The molecule has 1 aliphatic heterocycles. The number of nitrogens with zero attached hydrogens (tertiary/aromatic N) is 4. The third kappa shape index (κ3) is 4.16. The monoisotopic (exact) mass is 477 g/mol. The minimum Gasteiger partial charge on any atom is -0.270 e. The van der Waals surface area contributed by atoms with Crippen LogP contribution in [-0.4, -0.2) is 43.8 Å². The van der Waals surface area contributed by atoms with Crippen LogP contribution in [0.15, 0.2) is 59.5 Å². The van der Waals surface area contributed by atoms with E-state index in [0.29, 0.717) is 30.0 Å². The lowest BCUT2D eigenvalue weighted by molar-refractivity contribution is -0.384. The summed E-state index contributed by atoms with van der Waals surface area (Å²) in [6.45, 7) is 2.05. The molecule has 2 aromatic carbocycles. The van der Waals surface area contributed by atoms with Gasteiger partial charge in [-0.3, -0.25) is 19.1 Å². The zero-order valence-electron chi connectivity index (χ0n) is 16.9. The Balaban J connectivity index is 1.61. The zero-order chi connectivity index (χ0) is 23.1. The van der Waals surface area contributed by atoms with Crippen molar-refractivity contribution in [2.75, 3.05) is 21.3 Å². The molecule has 0 spiro atoms. The number of aromatic nitrogens is 2. The third-order valence-corrected chi connectivity index (χ3v) is 8.15. The van der Waals surface area contributed by atoms with Crippen LogP contribution in [-0.2, 0) is 20.0 Å². The van der Waals surface area contributed by atoms with E-state index in [1.807, 2.05) is 0 Å². The predicted octanol–water partition coefficient (Wildman–Crippen LogP) is 2.43. The maximum absolute atomic E-state index is 12.9. The number of nitrogens with one attached hydrogen (secondary N) is 1. The van der Waals surface area contributed by atoms with Crippen LogP contribution in [0.3, 0.4) is 0 Å². The molecule has 1 N–H and O–H groups in total. The number of anilines is 2. The van der Waals surface area contributed by atoms with Gasteiger partial charge in [0.2, 0.25) is 10.0 Å². The maximum Gasteiger partial charge on any atom is 0.269 e. The molecule has 11 nitrogen and oxygen atoms in total. The Hall–Kier alpha value is -3.45. The molecule has 0 amide bonds. The van der Waals surface area contributed by atoms with Crippen LogP contribution in [0.1, 0.15) is 12.1 Å². The molecule has 1 aliphatic rings. The standard InChI is InChI=1S/C19H19N5O6S2/c1-14-13-19(23(20-14)16-3-5-17(6-4-16)24(25)26)21-32(29,30)18-9-7-15(8-10-18)22-11-2-12-31(22,27)28/h3-10,13,21H,2,11-12H2,1H3. The molecule has 0 saturated carbocycles. The summed E-state index contributed by atoms with van der Waals surface area (Å²) in [7, 11) is -7.37. The molecule has 3 aromatic rings. The number of sulfonamides is 2.